The zero-order valence-electron chi connectivity index (χ0n) is 12.4. The quantitative estimate of drug-likeness (QED) is 0.847. The zero-order chi connectivity index (χ0) is 15.1. The van der Waals surface area contributed by atoms with E-state index in [2.05, 4.69) is 16.4 Å². The number of aromatic nitrogens is 1. The van der Waals surface area contributed by atoms with E-state index in [-0.39, 0.29) is 12.3 Å². The Labute approximate surface area is 123 Å². The second kappa shape index (κ2) is 4.94. The molecule has 5 nitrogen and oxygen atoms in total. The molecule has 2 N–H and O–H groups in total. The minimum atomic E-state index is -0.635. The normalized spacial score (nSPS) is 24.5. The molecular formula is C16H19N2O3. The largest absolute Gasteiger partial charge is 0.361 e. The number of fused-ring (bicyclic) bond motifs is 1. The monoisotopic (exact) mass is 287 g/mol. The summed E-state index contributed by atoms with van der Waals surface area (Å²) >= 11 is 0. The molecule has 1 aliphatic heterocycles. The third-order valence-corrected chi connectivity index (χ3v) is 3.59. The summed E-state index contributed by atoms with van der Waals surface area (Å²) in [5, 5.41) is 4.11. The molecular weight excluding hydrogens is 268 g/mol. The van der Waals surface area contributed by atoms with Crippen molar-refractivity contribution in [3.05, 3.63) is 36.0 Å². The van der Waals surface area contributed by atoms with Crippen LogP contribution in [0.15, 0.2) is 24.4 Å². The molecule has 111 valence electrons. The fraction of sp³-hybridized carbons (Fsp3) is 0.438. The van der Waals surface area contributed by atoms with Crippen LogP contribution in [0.2, 0.25) is 0 Å². The Hall–Kier alpha value is -1.69. The lowest BCUT2D eigenvalue weighted by molar-refractivity contribution is -0.163. The topological polar surface area (TPSA) is 63.4 Å². The average molecular weight is 287 g/mol. The highest BCUT2D eigenvalue weighted by Gasteiger charge is 2.41. The van der Waals surface area contributed by atoms with E-state index in [4.69, 9.17) is 9.47 Å². The van der Waals surface area contributed by atoms with E-state index >= 15 is 0 Å². The van der Waals surface area contributed by atoms with Gasteiger partial charge < -0.3 is 14.5 Å². The van der Waals surface area contributed by atoms with E-state index in [9.17, 15) is 4.79 Å². The van der Waals surface area contributed by atoms with Crippen molar-refractivity contribution in [3.63, 3.8) is 0 Å². The van der Waals surface area contributed by atoms with Crippen LogP contribution < -0.4 is 5.32 Å². The van der Waals surface area contributed by atoms with Crippen molar-refractivity contribution in [1.29, 1.82) is 0 Å². The smallest absolute Gasteiger partial charge is 0.176 e. The van der Waals surface area contributed by atoms with E-state index in [1.807, 2.05) is 39.0 Å². The van der Waals surface area contributed by atoms with Gasteiger partial charge in [-0.3, -0.25) is 10.1 Å². The van der Waals surface area contributed by atoms with Crippen LogP contribution in [0.1, 0.15) is 31.1 Å². The standard InChI is InChI=1S/C16H19N2O3/c1-15(2)20-10-16(3,21-15)18-9-14(19)12-5-4-11-6-7-17-13(11)8-12/h4-5,7-8,17-18H,9-10H2,1-3H3. The van der Waals surface area contributed by atoms with Gasteiger partial charge in [0.05, 0.1) is 13.2 Å². The molecule has 2 aromatic rings. The summed E-state index contributed by atoms with van der Waals surface area (Å²) < 4.78 is 11.3. The maximum atomic E-state index is 12.3. The molecule has 1 saturated heterocycles. The maximum Gasteiger partial charge on any atom is 0.176 e. The first-order valence-electron chi connectivity index (χ1n) is 6.98. The first kappa shape index (κ1) is 14.3. The third kappa shape index (κ3) is 3.00. The van der Waals surface area contributed by atoms with Crippen molar-refractivity contribution >= 4 is 16.7 Å². The van der Waals surface area contributed by atoms with Crippen molar-refractivity contribution in [2.75, 3.05) is 13.2 Å². The fourth-order valence-corrected chi connectivity index (χ4v) is 2.52. The Morgan fingerprint density at radius 3 is 2.95 bits per heavy atom. The number of carbonyl (C=O) groups is 1. The summed E-state index contributed by atoms with van der Waals surface area (Å²) in [5.41, 5.74) is 0.935. The van der Waals surface area contributed by atoms with Gasteiger partial charge in [-0.05, 0) is 26.8 Å². The molecule has 0 aliphatic carbocycles. The molecule has 1 radical (unpaired) electrons. The van der Waals surface area contributed by atoms with E-state index in [0.717, 1.165) is 10.9 Å². The molecule has 0 amide bonds. The summed E-state index contributed by atoms with van der Waals surface area (Å²) in [6.45, 7) is 6.22. The van der Waals surface area contributed by atoms with Crippen LogP contribution in [-0.2, 0) is 9.47 Å². The molecule has 2 heterocycles. The molecule has 1 fully saturated rings. The summed E-state index contributed by atoms with van der Waals surface area (Å²) in [4.78, 5) is 15.3. The zero-order valence-corrected chi connectivity index (χ0v) is 12.4. The molecule has 0 spiro atoms. The van der Waals surface area contributed by atoms with Crippen molar-refractivity contribution in [1.82, 2.24) is 10.3 Å². The fourth-order valence-electron chi connectivity index (χ4n) is 2.52. The Balaban J connectivity index is 1.66. The van der Waals surface area contributed by atoms with Gasteiger partial charge in [-0.25, -0.2) is 0 Å². The molecule has 3 rings (SSSR count). The minimum Gasteiger partial charge on any atom is -0.361 e. The highest BCUT2D eigenvalue weighted by atomic mass is 16.8. The highest BCUT2D eigenvalue weighted by molar-refractivity contribution is 6.00. The molecule has 1 aromatic carbocycles. The number of benzene rings is 1. The molecule has 1 aliphatic rings. The number of hydrogen-bond donors (Lipinski definition) is 2. The van der Waals surface area contributed by atoms with E-state index < -0.39 is 11.5 Å². The lowest BCUT2D eigenvalue weighted by atomic mass is 10.1. The number of H-pyrrole nitrogens is 1. The van der Waals surface area contributed by atoms with Crippen LogP contribution >= 0.6 is 0 Å². The number of aromatic amines is 1. The predicted octanol–water partition coefficient (Wildman–Crippen LogP) is 2.24. The van der Waals surface area contributed by atoms with E-state index in [1.165, 1.54) is 0 Å². The van der Waals surface area contributed by atoms with Gasteiger partial charge in [0.2, 0.25) is 0 Å². The number of carbonyl (C=O) groups excluding carboxylic acids is 1. The third-order valence-electron chi connectivity index (χ3n) is 3.59. The number of hydrogen-bond acceptors (Lipinski definition) is 4. The summed E-state index contributed by atoms with van der Waals surface area (Å²) in [6, 6.07) is 8.60. The Morgan fingerprint density at radius 2 is 2.24 bits per heavy atom. The molecule has 1 unspecified atom stereocenters. The first-order valence-corrected chi connectivity index (χ1v) is 6.98. The van der Waals surface area contributed by atoms with E-state index in [0.29, 0.717) is 12.2 Å². The van der Waals surface area contributed by atoms with Gasteiger partial charge in [0.25, 0.3) is 0 Å². The summed E-state index contributed by atoms with van der Waals surface area (Å²) in [6.07, 6.45) is 1.74. The number of ketones is 1. The van der Waals surface area contributed by atoms with Gasteiger partial charge in [0.15, 0.2) is 11.6 Å². The number of nitrogens with one attached hydrogen (secondary N) is 2. The summed E-state index contributed by atoms with van der Waals surface area (Å²) in [5.74, 6) is -0.606. The van der Waals surface area contributed by atoms with Crippen LogP contribution in [-0.4, -0.2) is 35.4 Å². The Bertz CT molecular complexity index is 677. The van der Waals surface area contributed by atoms with Crippen LogP contribution in [0.3, 0.4) is 0 Å². The van der Waals surface area contributed by atoms with Crippen LogP contribution in [0, 0.1) is 6.07 Å². The number of rotatable bonds is 4. The maximum absolute atomic E-state index is 12.3. The van der Waals surface area contributed by atoms with Crippen molar-refractivity contribution in [2.24, 2.45) is 0 Å². The highest BCUT2D eigenvalue weighted by Crippen LogP contribution is 2.28. The number of ether oxygens (including phenoxy) is 2. The molecule has 0 saturated carbocycles. The average Bonchev–Trinajstić information content (AvgIpc) is 3.00. The molecule has 1 atom stereocenters. The molecule has 5 heteroatoms. The van der Waals surface area contributed by atoms with Crippen molar-refractivity contribution in [2.45, 2.75) is 32.3 Å². The van der Waals surface area contributed by atoms with Crippen LogP contribution in [0.25, 0.3) is 10.9 Å². The Kier molecular flexibility index (Phi) is 3.36. The lowest BCUT2D eigenvalue weighted by Gasteiger charge is -2.25. The van der Waals surface area contributed by atoms with Gasteiger partial charge in [-0.1, -0.05) is 12.1 Å². The number of Topliss-reactive ketones (excluding diaryl/α,β-unsaturated/α-hetero) is 1. The van der Waals surface area contributed by atoms with Crippen molar-refractivity contribution in [3.8, 4) is 0 Å². The second-order valence-corrected chi connectivity index (χ2v) is 5.99. The SMILES string of the molecule is CC1(NCC(=O)c2ccc3[c]c[nH]c3c2)COC(C)(C)O1. The first-order chi connectivity index (χ1) is 9.87. The molecule has 0 bridgehead atoms. The van der Waals surface area contributed by atoms with Gasteiger partial charge in [0.1, 0.15) is 5.72 Å². The van der Waals surface area contributed by atoms with Crippen LogP contribution in [0.5, 0.6) is 0 Å². The van der Waals surface area contributed by atoms with Crippen LogP contribution in [0.4, 0.5) is 0 Å². The molecule has 1 aromatic heterocycles. The predicted molar refractivity (Wildman–Crippen MR) is 79.0 cm³/mol. The van der Waals surface area contributed by atoms with Gasteiger partial charge >= 0.3 is 0 Å². The van der Waals surface area contributed by atoms with Gasteiger partial charge in [-0.2, -0.15) is 0 Å². The van der Waals surface area contributed by atoms with Gasteiger partial charge in [0, 0.05) is 28.7 Å². The second-order valence-electron chi connectivity index (χ2n) is 5.99. The minimum absolute atomic E-state index is 0.0148. The van der Waals surface area contributed by atoms with E-state index in [1.54, 1.807) is 6.20 Å². The van der Waals surface area contributed by atoms with Crippen molar-refractivity contribution < 1.29 is 14.3 Å². The molecule has 21 heavy (non-hydrogen) atoms. The lowest BCUT2D eigenvalue weighted by Crippen LogP contribution is -2.47. The van der Waals surface area contributed by atoms with Gasteiger partial charge in [-0.15, -0.1) is 0 Å². The summed E-state index contributed by atoms with van der Waals surface area (Å²) in [7, 11) is 0. The Morgan fingerprint density at radius 1 is 1.43 bits per heavy atom.